The Labute approximate surface area is 112 Å². The first-order chi connectivity index (χ1) is 8.54. The molecule has 6 nitrogen and oxygen atoms in total. The summed E-state index contributed by atoms with van der Waals surface area (Å²) in [6.07, 6.45) is 3.34. The monoisotopic (exact) mass is 271 g/mol. The summed E-state index contributed by atoms with van der Waals surface area (Å²) in [5.41, 5.74) is -0.0720. The first kappa shape index (κ1) is 13.3. The minimum Gasteiger partial charge on any atom is -0.376 e. The molecule has 1 N–H and O–H groups in total. The van der Waals surface area contributed by atoms with Crippen molar-refractivity contribution in [2.45, 2.75) is 24.9 Å². The Balaban J connectivity index is 2.05. The molecule has 1 aromatic heterocycles. The van der Waals surface area contributed by atoms with Gasteiger partial charge in [-0.25, -0.2) is 0 Å². The molecule has 0 radical (unpaired) electrons. The molecular formula is C11H18ClN5O. The predicted molar refractivity (Wildman–Crippen MR) is 71.2 cm³/mol. The SMILES string of the molecule is COC1(CNc2nc(Cl)nc(N(C)C)n2)CCC1. The predicted octanol–water partition coefficient (Wildman–Crippen LogP) is 1.57. The number of nitrogens with zero attached hydrogens (tertiary/aromatic N) is 4. The molecule has 1 aliphatic carbocycles. The molecule has 0 bridgehead atoms. The van der Waals surface area contributed by atoms with Gasteiger partial charge in [-0.3, -0.25) is 0 Å². The van der Waals surface area contributed by atoms with E-state index < -0.39 is 0 Å². The highest BCUT2D eigenvalue weighted by atomic mass is 35.5. The third-order valence-electron chi connectivity index (χ3n) is 3.26. The van der Waals surface area contributed by atoms with Crippen molar-refractivity contribution in [1.82, 2.24) is 15.0 Å². The van der Waals surface area contributed by atoms with Crippen LogP contribution in [0.3, 0.4) is 0 Å². The molecular weight excluding hydrogens is 254 g/mol. The lowest BCUT2D eigenvalue weighted by atomic mass is 9.80. The summed E-state index contributed by atoms with van der Waals surface area (Å²) in [6.45, 7) is 0.691. The summed E-state index contributed by atoms with van der Waals surface area (Å²) in [7, 11) is 5.46. The van der Waals surface area contributed by atoms with Crippen LogP contribution in [0.15, 0.2) is 0 Å². The number of anilines is 2. The second-order valence-electron chi connectivity index (χ2n) is 4.72. The minimum atomic E-state index is -0.0720. The third kappa shape index (κ3) is 2.81. The van der Waals surface area contributed by atoms with Crippen LogP contribution in [0.5, 0.6) is 0 Å². The van der Waals surface area contributed by atoms with Gasteiger partial charge in [0.15, 0.2) is 0 Å². The van der Waals surface area contributed by atoms with Crippen molar-refractivity contribution in [3.8, 4) is 0 Å². The molecule has 0 atom stereocenters. The Morgan fingerprint density at radius 3 is 2.56 bits per heavy atom. The molecule has 1 aromatic rings. The summed E-state index contributed by atoms with van der Waals surface area (Å²) in [6, 6.07) is 0. The van der Waals surface area contributed by atoms with Gasteiger partial charge in [-0.05, 0) is 30.9 Å². The summed E-state index contributed by atoms with van der Waals surface area (Å²) in [5, 5.41) is 3.37. The molecule has 0 aromatic carbocycles. The lowest BCUT2D eigenvalue weighted by Crippen LogP contribution is -2.45. The lowest BCUT2D eigenvalue weighted by Gasteiger charge is -2.40. The molecule has 1 heterocycles. The van der Waals surface area contributed by atoms with Gasteiger partial charge in [0.05, 0.1) is 5.60 Å². The zero-order valence-electron chi connectivity index (χ0n) is 10.9. The number of nitrogens with one attached hydrogen (secondary N) is 1. The fraction of sp³-hybridized carbons (Fsp3) is 0.727. The Morgan fingerprint density at radius 1 is 1.33 bits per heavy atom. The Kier molecular flexibility index (Phi) is 3.87. The smallest absolute Gasteiger partial charge is 0.230 e. The average molecular weight is 272 g/mol. The molecule has 0 spiro atoms. The van der Waals surface area contributed by atoms with Crippen molar-refractivity contribution >= 4 is 23.5 Å². The maximum absolute atomic E-state index is 5.87. The van der Waals surface area contributed by atoms with Crippen LogP contribution in [0.2, 0.25) is 5.28 Å². The summed E-state index contributed by atoms with van der Waals surface area (Å²) >= 11 is 5.87. The van der Waals surface area contributed by atoms with E-state index in [0.29, 0.717) is 18.4 Å². The van der Waals surface area contributed by atoms with Gasteiger partial charge in [0.1, 0.15) is 0 Å². The van der Waals surface area contributed by atoms with Crippen LogP contribution in [-0.2, 0) is 4.74 Å². The minimum absolute atomic E-state index is 0.0720. The quantitative estimate of drug-likeness (QED) is 0.877. The molecule has 2 rings (SSSR count). The van der Waals surface area contributed by atoms with E-state index in [-0.39, 0.29) is 10.9 Å². The van der Waals surface area contributed by atoms with Crippen LogP contribution in [0, 0.1) is 0 Å². The van der Waals surface area contributed by atoms with E-state index in [1.54, 1.807) is 12.0 Å². The first-order valence-electron chi connectivity index (χ1n) is 5.93. The third-order valence-corrected chi connectivity index (χ3v) is 3.43. The van der Waals surface area contributed by atoms with Crippen LogP contribution in [0.1, 0.15) is 19.3 Å². The molecule has 18 heavy (non-hydrogen) atoms. The van der Waals surface area contributed by atoms with E-state index in [1.165, 1.54) is 6.42 Å². The Bertz CT molecular complexity index is 416. The average Bonchev–Trinajstić information content (AvgIpc) is 2.27. The number of hydrogen-bond acceptors (Lipinski definition) is 6. The van der Waals surface area contributed by atoms with Crippen LogP contribution in [0.4, 0.5) is 11.9 Å². The lowest BCUT2D eigenvalue weighted by molar-refractivity contribution is -0.0602. The van der Waals surface area contributed by atoms with Gasteiger partial charge in [0, 0.05) is 27.7 Å². The maximum Gasteiger partial charge on any atom is 0.230 e. The van der Waals surface area contributed by atoms with Crippen molar-refractivity contribution in [2.24, 2.45) is 0 Å². The van der Waals surface area contributed by atoms with E-state index in [1.807, 2.05) is 14.1 Å². The summed E-state index contributed by atoms with van der Waals surface area (Å²) in [4.78, 5) is 14.2. The zero-order valence-corrected chi connectivity index (χ0v) is 11.7. The highest BCUT2D eigenvalue weighted by Crippen LogP contribution is 2.34. The van der Waals surface area contributed by atoms with Gasteiger partial charge < -0.3 is 15.0 Å². The molecule has 0 aliphatic heterocycles. The number of halogens is 1. The zero-order chi connectivity index (χ0) is 13.2. The number of rotatable bonds is 5. The number of aromatic nitrogens is 3. The second-order valence-corrected chi connectivity index (χ2v) is 5.05. The molecule has 0 unspecified atom stereocenters. The second kappa shape index (κ2) is 5.24. The van der Waals surface area contributed by atoms with Crippen molar-refractivity contribution in [1.29, 1.82) is 0 Å². The van der Waals surface area contributed by atoms with Crippen molar-refractivity contribution in [3.63, 3.8) is 0 Å². The van der Waals surface area contributed by atoms with Crippen LogP contribution in [0.25, 0.3) is 0 Å². The highest BCUT2D eigenvalue weighted by Gasteiger charge is 2.36. The highest BCUT2D eigenvalue weighted by molar-refractivity contribution is 6.28. The molecule has 0 saturated heterocycles. The Morgan fingerprint density at radius 2 is 2.06 bits per heavy atom. The number of hydrogen-bond donors (Lipinski definition) is 1. The van der Waals surface area contributed by atoms with Crippen molar-refractivity contribution < 1.29 is 4.74 Å². The summed E-state index contributed by atoms with van der Waals surface area (Å²) in [5.74, 6) is 1.03. The van der Waals surface area contributed by atoms with Gasteiger partial charge >= 0.3 is 0 Å². The molecule has 1 aliphatic rings. The Hall–Kier alpha value is -1.14. The van der Waals surface area contributed by atoms with Crippen LogP contribution in [-0.4, -0.2) is 48.3 Å². The molecule has 1 saturated carbocycles. The molecule has 1 fully saturated rings. The summed E-state index contributed by atoms with van der Waals surface area (Å²) < 4.78 is 5.53. The van der Waals surface area contributed by atoms with Gasteiger partial charge in [-0.15, -0.1) is 0 Å². The van der Waals surface area contributed by atoms with Gasteiger partial charge in [0.25, 0.3) is 0 Å². The van der Waals surface area contributed by atoms with Gasteiger partial charge in [0.2, 0.25) is 17.2 Å². The van der Waals surface area contributed by atoms with Crippen LogP contribution >= 0.6 is 11.6 Å². The topological polar surface area (TPSA) is 63.2 Å². The van der Waals surface area contributed by atoms with Crippen molar-refractivity contribution in [3.05, 3.63) is 5.28 Å². The van der Waals surface area contributed by atoms with E-state index in [4.69, 9.17) is 16.3 Å². The largest absolute Gasteiger partial charge is 0.376 e. The fourth-order valence-corrected chi connectivity index (χ4v) is 2.04. The fourth-order valence-electron chi connectivity index (χ4n) is 1.88. The standard InChI is InChI=1S/C11H18ClN5O/c1-17(2)10-15-8(12)14-9(16-10)13-7-11(18-3)5-4-6-11/h4-7H2,1-3H3,(H,13,14,15,16). The van der Waals surface area contributed by atoms with E-state index >= 15 is 0 Å². The van der Waals surface area contributed by atoms with Gasteiger partial charge in [-0.1, -0.05) is 0 Å². The number of ether oxygens (including phenoxy) is 1. The normalized spacial score (nSPS) is 17.1. The van der Waals surface area contributed by atoms with Crippen molar-refractivity contribution in [2.75, 3.05) is 38.0 Å². The maximum atomic E-state index is 5.87. The van der Waals surface area contributed by atoms with E-state index in [9.17, 15) is 0 Å². The first-order valence-corrected chi connectivity index (χ1v) is 6.30. The number of methoxy groups -OCH3 is 1. The molecule has 7 heteroatoms. The van der Waals surface area contributed by atoms with E-state index in [2.05, 4.69) is 20.3 Å². The van der Waals surface area contributed by atoms with Crippen LogP contribution < -0.4 is 10.2 Å². The van der Waals surface area contributed by atoms with Gasteiger partial charge in [-0.2, -0.15) is 15.0 Å². The van der Waals surface area contributed by atoms with E-state index in [0.717, 1.165) is 12.8 Å². The molecule has 100 valence electrons. The molecule has 0 amide bonds.